The molecule has 1 aliphatic rings. The summed E-state index contributed by atoms with van der Waals surface area (Å²) in [7, 11) is -2.32. The topological polar surface area (TPSA) is 129 Å². The first-order chi connectivity index (χ1) is 14.9. The van der Waals surface area contributed by atoms with Gasteiger partial charge >= 0.3 is 0 Å². The summed E-state index contributed by atoms with van der Waals surface area (Å²) in [6.07, 6.45) is 1.30. The summed E-state index contributed by atoms with van der Waals surface area (Å²) in [6.45, 7) is 0.475. The average molecular weight is 444 g/mol. The number of piperidine rings is 1. The van der Waals surface area contributed by atoms with E-state index in [2.05, 4.69) is 10.1 Å². The van der Waals surface area contributed by atoms with E-state index in [-0.39, 0.29) is 23.0 Å². The largest absolute Gasteiger partial charge is 0.497 e. The van der Waals surface area contributed by atoms with E-state index in [0.29, 0.717) is 36.9 Å². The van der Waals surface area contributed by atoms with Crippen LogP contribution in [-0.2, 0) is 10.0 Å². The first kappa shape index (κ1) is 20.9. The van der Waals surface area contributed by atoms with Crippen LogP contribution in [0.4, 0.5) is 5.69 Å². The molecule has 3 aromatic rings. The first-order valence-corrected chi connectivity index (χ1v) is 11.0. The van der Waals surface area contributed by atoms with Crippen LogP contribution in [0.15, 0.2) is 57.9 Å². The van der Waals surface area contributed by atoms with Crippen molar-refractivity contribution >= 4 is 15.7 Å². The monoisotopic (exact) mass is 444 g/mol. The van der Waals surface area contributed by atoms with Gasteiger partial charge < -0.3 is 9.26 Å². The van der Waals surface area contributed by atoms with E-state index in [1.165, 1.54) is 22.5 Å². The predicted molar refractivity (Wildman–Crippen MR) is 110 cm³/mol. The average Bonchev–Trinajstić information content (AvgIpc) is 3.30. The fraction of sp³-hybridized carbons (Fsp3) is 0.300. The number of ether oxygens (including phenoxy) is 1. The highest BCUT2D eigenvalue weighted by Gasteiger charge is 2.34. The highest BCUT2D eigenvalue weighted by atomic mass is 32.2. The quantitative estimate of drug-likeness (QED) is 0.419. The number of non-ortho nitro benzene ring substituents is 1. The fourth-order valence-electron chi connectivity index (χ4n) is 3.55. The van der Waals surface area contributed by atoms with Gasteiger partial charge in [0.1, 0.15) is 5.75 Å². The van der Waals surface area contributed by atoms with E-state index in [4.69, 9.17) is 9.26 Å². The lowest BCUT2D eigenvalue weighted by Gasteiger charge is -2.30. The number of methoxy groups -OCH3 is 1. The minimum Gasteiger partial charge on any atom is -0.497 e. The maximum atomic E-state index is 13.1. The van der Waals surface area contributed by atoms with Crippen LogP contribution in [0, 0.1) is 10.1 Å². The molecule has 1 unspecified atom stereocenters. The van der Waals surface area contributed by atoms with Crippen LogP contribution in [0.1, 0.15) is 24.7 Å². The Morgan fingerprint density at radius 2 is 2.03 bits per heavy atom. The molecule has 2 aromatic carbocycles. The fourth-order valence-corrected chi connectivity index (χ4v) is 5.11. The first-order valence-electron chi connectivity index (χ1n) is 9.61. The van der Waals surface area contributed by atoms with E-state index in [9.17, 15) is 18.5 Å². The Morgan fingerprint density at radius 1 is 1.23 bits per heavy atom. The summed E-state index contributed by atoms with van der Waals surface area (Å²) in [6, 6.07) is 12.3. The number of sulfonamides is 1. The zero-order chi connectivity index (χ0) is 22.0. The number of rotatable bonds is 6. The molecular formula is C20H20N4O6S. The molecule has 4 rings (SSSR count). The van der Waals surface area contributed by atoms with Gasteiger partial charge in [-0.3, -0.25) is 10.1 Å². The molecule has 0 N–H and O–H groups in total. The summed E-state index contributed by atoms with van der Waals surface area (Å²) >= 11 is 0. The molecular weight excluding hydrogens is 424 g/mol. The van der Waals surface area contributed by atoms with Crippen molar-refractivity contribution in [2.75, 3.05) is 20.2 Å². The molecule has 1 atom stereocenters. The van der Waals surface area contributed by atoms with E-state index in [1.807, 2.05) is 18.2 Å². The summed E-state index contributed by atoms with van der Waals surface area (Å²) in [4.78, 5) is 14.8. The zero-order valence-electron chi connectivity index (χ0n) is 16.7. The van der Waals surface area contributed by atoms with Crippen LogP contribution in [0.2, 0.25) is 0 Å². The molecule has 1 fully saturated rings. The van der Waals surface area contributed by atoms with Crippen LogP contribution in [-0.4, -0.2) is 48.0 Å². The van der Waals surface area contributed by atoms with Gasteiger partial charge in [-0.2, -0.15) is 9.29 Å². The predicted octanol–water partition coefficient (Wildman–Crippen LogP) is 3.22. The third-order valence-electron chi connectivity index (χ3n) is 5.17. The van der Waals surface area contributed by atoms with Crippen molar-refractivity contribution in [2.24, 2.45) is 0 Å². The third kappa shape index (κ3) is 4.28. The van der Waals surface area contributed by atoms with Gasteiger partial charge in [-0.25, -0.2) is 8.42 Å². The maximum absolute atomic E-state index is 13.1. The highest BCUT2D eigenvalue weighted by molar-refractivity contribution is 7.89. The SMILES string of the molecule is COc1cccc(-c2noc(C3CCCN(S(=O)(=O)c4cccc([N+](=O)[O-])c4)C3)n2)c1. The second-order valence-corrected chi connectivity index (χ2v) is 9.08. The van der Waals surface area contributed by atoms with Crippen molar-refractivity contribution < 1.29 is 22.6 Å². The number of aromatic nitrogens is 2. The Bertz CT molecular complexity index is 1210. The Balaban J connectivity index is 1.56. The van der Waals surface area contributed by atoms with Gasteiger partial charge in [-0.1, -0.05) is 23.4 Å². The Morgan fingerprint density at radius 3 is 2.81 bits per heavy atom. The van der Waals surface area contributed by atoms with Crippen molar-refractivity contribution in [3.8, 4) is 17.1 Å². The van der Waals surface area contributed by atoms with Gasteiger partial charge in [0.25, 0.3) is 5.69 Å². The minimum atomic E-state index is -3.89. The third-order valence-corrected chi connectivity index (χ3v) is 7.03. The molecule has 0 amide bonds. The molecule has 162 valence electrons. The standard InChI is InChI=1S/C20H20N4O6S/c1-29-17-8-2-5-14(11-17)19-21-20(30-22-19)15-6-4-10-23(13-15)31(27,28)18-9-3-7-16(12-18)24(25)26/h2-3,5,7-9,11-12,15H,4,6,10,13H2,1H3. The molecule has 10 nitrogen and oxygen atoms in total. The Hall–Kier alpha value is -3.31. The molecule has 1 saturated heterocycles. The van der Waals surface area contributed by atoms with E-state index >= 15 is 0 Å². The number of benzene rings is 2. The van der Waals surface area contributed by atoms with Gasteiger partial charge in [0, 0.05) is 30.8 Å². The van der Waals surface area contributed by atoms with Crippen molar-refractivity contribution in [2.45, 2.75) is 23.7 Å². The Kier molecular flexibility index (Phi) is 5.70. The van der Waals surface area contributed by atoms with E-state index in [0.717, 1.165) is 11.6 Å². The van der Waals surface area contributed by atoms with Crippen molar-refractivity contribution in [3.05, 3.63) is 64.5 Å². The lowest BCUT2D eigenvalue weighted by atomic mass is 10.00. The van der Waals surface area contributed by atoms with Gasteiger partial charge in [0.15, 0.2) is 0 Å². The van der Waals surface area contributed by atoms with Crippen LogP contribution < -0.4 is 4.74 Å². The van der Waals surface area contributed by atoms with Gasteiger partial charge in [0.2, 0.25) is 21.7 Å². The van der Waals surface area contributed by atoms with E-state index in [1.54, 1.807) is 13.2 Å². The number of hydrogen-bond donors (Lipinski definition) is 0. The molecule has 2 heterocycles. The smallest absolute Gasteiger partial charge is 0.270 e. The second kappa shape index (κ2) is 8.44. The van der Waals surface area contributed by atoms with Crippen molar-refractivity contribution in [3.63, 3.8) is 0 Å². The number of nitro groups is 1. The molecule has 0 radical (unpaired) electrons. The van der Waals surface area contributed by atoms with Crippen LogP contribution in [0.5, 0.6) is 5.75 Å². The van der Waals surface area contributed by atoms with Crippen LogP contribution in [0.3, 0.4) is 0 Å². The zero-order valence-corrected chi connectivity index (χ0v) is 17.5. The van der Waals surface area contributed by atoms with Gasteiger partial charge in [-0.05, 0) is 31.0 Å². The molecule has 0 spiro atoms. The summed E-state index contributed by atoms with van der Waals surface area (Å²) < 4.78 is 38.1. The number of nitrogens with zero attached hydrogens (tertiary/aromatic N) is 4. The minimum absolute atomic E-state index is 0.107. The van der Waals surface area contributed by atoms with Gasteiger partial charge in [0.05, 0.1) is 22.8 Å². The number of nitro benzene ring substituents is 1. The normalized spacial score (nSPS) is 17.4. The molecule has 0 saturated carbocycles. The molecule has 0 bridgehead atoms. The van der Waals surface area contributed by atoms with Gasteiger partial charge in [-0.15, -0.1) is 0 Å². The number of hydrogen-bond acceptors (Lipinski definition) is 8. The Labute approximate surface area is 178 Å². The molecule has 0 aliphatic carbocycles. The van der Waals surface area contributed by atoms with Crippen LogP contribution in [0.25, 0.3) is 11.4 Å². The second-order valence-electron chi connectivity index (χ2n) is 7.14. The maximum Gasteiger partial charge on any atom is 0.270 e. The lowest BCUT2D eigenvalue weighted by Crippen LogP contribution is -2.39. The van der Waals surface area contributed by atoms with Crippen molar-refractivity contribution in [1.82, 2.24) is 14.4 Å². The summed E-state index contributed by atoms with van der Waals surface area (Å²) in [5.74, 6) is 1.15. The summed E-state index contributed by atoms with van der Waals surface area (Å²) in [5.41, 5.74) is 0.459. The molecule has 1 aromatic heterocycles. The van der Waals surface area contributed by atoms with E-state index < -0.39 is 14.9 Å². The molecule has 31 heavy (non-hydrogen) atoms. The van der Waals surface area contributed by atoms with Crippen LogP contribution >= 0.6 is 0 Å². The molecule has 1 aliphatic heterocycles. The summed E-state index contributed by atoms with van der Waals surface area (Å²) in [5, 5.41) is 15.0. The van der Waals surface area contributed by atoms with Crippen molar-refractivity contribution in [1.29, 1.82) is 0 Å². The lowest BCUT2D eigenvalue weighted by molar-refractivity contribution is -0.385. The highest BCUT2D eigenvalue weighted by Crippen LogP contribution is 2.31. The molecule has 11 heteroatoms.